The summed E-state index contributed by atoms with van der Waals surface area (Å²) in [5.74, 6) is -2.48. The highest BCUT2D eigenvalue weighted by Gasteiger charge is 2.26. The molecule has 1 saturated heterocycles. The third-order valence-electron chi connectivity index (χ3n) is 4.47. The monoisotopic (exact) mass is 357 g/mol. The van der Waals surface area contributed by atoms with Crippen LogP contribution in [0.25, 0.3) is 0 Å². The number of rotatable bonds is 5. The van der Waals surface area contributed by atoms with Gasteiger partial charge in [-0.2, -0.15) is 0 Å². The summed E-state index contributed by atoms with van der Waals surface area (Å²) in [5, 5.41) is 8.90. The molecule has 0 aromatic heterocycles. The minimum atomic E-state index is -1.23. The van der Waals surface area contributed by atoms with Gasteiger partial charge in [0.15, 0.2) is 0 Å². The highest BCUT2D eigenvalue weighted by atomic mass is 19.1. The van der Waals surface area contributed by atoms with E-state index in [-0.39, 0.29) is 17.2 Å². The lowest BCUT2D eigenvalue weighted by Crippen LogP contribution is -2.46. The number of halogens is 1. The largest absolute Gasteiger partial charge is 0.478 e. The van der Waals surface area contributed by atoms with Crippen LogP contribution in [0.1, 0.15) is 32.7 Å². The Bertz CT molecular complexity index is 794. The average Bonchev–Trinajstić information content (AvgIpc) is 2.67. The van der Waals surface area contributed by atoms with Crippen molar-refractivity contribution in [3.63, 3.8) is 0 Å². The molecule has 1 unspecified atom stereocenters. The maximum atomic E-state index is 14.1. The molecule has 1 heterocycles. The molecule has 0 aliphatic carbocycles. The molecule has 0 saturated carbocycles. The zero-order chi connectivity index (χ0) is 18.5. The van der Waals surface area contributed by atoms with E-state index in [0.717, 1.165) is 18.9 Å². The van der Waals surface area contributed by atoms with Crippen molar-refractivity contribution in [3.05, 3.63) is 71.0 Å². The van der Waals surface area contributed by atoms with Crippen molar-refractivity contribution >= 4 is 11.9 Å². The maximum Gasteiger partial charge on any atom is 0.335 e. The van der Waals surface area contributed by atoms with Gasteiger partial charge < -0.3 is 14.7 Å². The van der Waals surface area contributed by atoms with Crippen LogP contribution in [0.4, 0.5) is 4.39 Å². The van der Waals surface area contributed by atoms with Crippen molar-refractivity contribution in [1.29, 1.82) is 0 Å². The summed E-state index contributed by atoms with van der Waals surface area (Å²) in [4.78, 5) is 25.1. The lowest BCUT2D eigenvalue weighted by atomic mass is 10.0. The molecule has 1 aliphatic rings. The van der Waals surface area contributed by atoms with Crippen LogP contribution in [-0.4, -0.2) is 47.7 Å². The van der Waals surface area contributed by atoms with Gasteiger partial charge in [-0.25, -0.2) is 9.18 Å². The molecule has 26 heavy (non-hydrogen) atoms. The van der Waals surface area contributed by atoms with Gasteiger partial charge in [0.1, 0.15) is 5.82 Å². The van der Waals surface area contributed by atoms with E-state index in [0.29, 0.717) is 19.7 Å². The van der Waals surface area contributed by atoms with E-state index in [4.69, 9.17) is 9.84 Å². The maximum absolute atomic E-state index is 14.1. The summed E-state index contributed by atoms with van der Waals surface area (Å²) in [6.07, 6.45) is 1.51. The van der Waals surface area contributed by atoms with Gasteiger partial charge in [-0.1, -0.05) is 30.3 Å². The first-order valence-electron chi connectivity index (χ1n) is 8.52. The van der Waals surface area contributed by atoms with Gasteiger partial charge in [0, 0.05) is 13.1 Å². The number of ether oxygens (including phenoxy) is 1. The Morgan fingerprint density at radius 2 is 1.96 bits per heavy atom. The highest BCUT2D eigenvalue weighted by molar-refractivity contribution is 5.96. The summed E-state index contributed by atoms with van der Waals surface area (Å²) in [7, 11) is 0. The molecule has 1 fully saturated rings. The van der Waals surface area contributed by atoms with Crippen molar-refractivity contribution in [2.24, 2.45) is 0 Å². The van der Waals surface area contributed by atoms with Crippen LogP contribution in [0.2, 0.25) is 0 Å². The molecule has 3 rings (SSSR count). The van der Waals surface area contributed by atoms with E-state index in [1.54, 1.807) is 4.90 Å². The topological polar surface area (TPSA) is 66.8 Å². The molecule has 1 aliphatic heterocycles. The molecule has 0 radical (unpaired) electrons. The summed E-state index contributed by atoms with van der Waals surface area (Å²) in [6, 6.07) is 13.4. The number of aromatic carboxylic acids is 1. The Balaban J connectivity index is 1.63. The van der Waals surface area contributed by atoms with Crippen molar-refractivity contribution in [1.82, 2.24) is 4.90 Å². The fourth-order valence-corrected chi connectivity index (χ4v) is 3.04. The molecule has 0 bridgehead atoms. The van der Waals surface area contributed by atoms with Crippen molar-refractivity contribution in [3.8, 4) is 0 Å². The summed E-state index contributed by atoms with van der Waals surface area (Å²) in [6.45, 7) is 1.19. The van der Waals surface area contributed by atoms with Crippen molar-refractivity contribution in [2.45, 2.75) is 18.9 Å². The predicted molar refractivity (Wildman–Crippen MR) is 93.8 cm³/mol. The normalized spacial score (nSPS) is 17.1. The number of benzene rings is 2. The van der Waals surface area contributed by atoms with Crippen LogP contribution in [0.15, 0.2) is 48.5 Å². The van der Waals surface area contributed by atoms with Crippen LogP contribution in [0.5, 0.6) is 0 Å². The smallest absolute Gasteiger partial charge is 0.335 e. The molecule has 2 aromatic carbocycles. The molecule has 1 atom stereocenters. The summed E-state index contributed by atoms with van der Waals surface area (Å²) < 4.78 is 19.9. The molecule has 5 nitrogen and oxygen atoms in total. The van der Waals surface area contributed by atoms with E-state index < -0.39 is 17.7 Å². The predicted octanol–water partition coefficient (Wildman–Crippen LogP) is 3.00. The van der Waals surface area contributed by atoms with Crippen molar-refractivity contribution < 1.29 is 23.8 Å². The first kappa shape index (κ1) is 18.1. The number of carbonyl (C=O) groups excluding carboxylic acids is 1. The van der Waals surface area contributed by atoms with Gasteiger partial charge in [0.2, 0.25) is 0 Å². The van der Waals surface area contributed by atoms with Crippen LogP contribution >= 0.6 is 0 Å². The minimum Gasteiger partial charge on any atom is -0.478 e. The van der Waals surface area contributed by atoms with Gasteiger partial charge in [0.25, 0.3) is 5.91 Å². The third kappa shape index (κ3) is 4.26. The van der Waals surface area contributed by atoms with Crippen LogP contribution in [0, 0.1) is 5.82 Å². The molecular weight excluding hydrogens is 337 g/mol. The highest BCUT2D eigenvalue weighted by Crippen LogP contribution is 2.18. The van der Waals surface area contributed by atoms with Crippen LogP contribution < -0.4 is 0 Å². The minimum absolute atomic E-state index is 0.103. The quantitative estimate of drug-likeness (QED) is 0.893. The van der Waals surface area contributed by atoms with Crippen LogP contribution in [0.3, 0.4) is 0 Å². The van der Waals surface area contributed by atoms with E-state index in [1.165, 1.54) is 17.7 Å². The molecule has 1 N–H and O–H groups in total. The third-order valence-corrected chi connectivity index (χ3v) is 4.47. The number of hydrogen-bond donors (Lipinski definition) is 1. The van der Waals surface area contributed by atoms with Gasteiger partial charge in [-0.3, -0.25) is 4.79 Å². The van der Waals surface area contributed by atoms with Gasteiger partial charge in [0.05, 0.1) is 23.8 Å². The number of aryl methyl sites for hydroxylation is 1. The van der Waals surface area contributed by atoms with Gasteiger partial charge in [-0.15, -0.1) is 0 Å². The van der Waals surface area contributed by atoms with Gasteiger partial charge >= 0.3 is 5.97 Å². The fraction of sp³-hybridized carbons (Fsp3) is 0.300. The zero-order valence-corrected chi connectivity index (χ0v) is 14.2. The van der Waals surface area contributed by atoms with Gasteiger partial charge in [-0.05, 0) is 36.6 Å². The average molecular weight is 357 g/mol. The summed E-state index contributed by atoms with van der Waals surface area (Å²) >= 11 is 0. The van der Waals surface area contributed by atoms with E-state index in [2.05, 4.69) is 0 Å². The Kier molecular flexibility index (Phi) is 5.63. The molecular formula is C20H20FNO4. The Morgan fingerprint density at radius 3 is 2.65 bits per heavy atom. The molecule has 0 spiro atoms. The van der Waals surface area contributed by atoms with E-state index in [9.17, 15) is 14.0 Å². The fourth-order valence-electron chi connectivity index (χ4n) is 3.04. The second-order valence-electron chi connectivity index (χ2n) is 6.27. The number of carbonyl (C=O) groups is 2. The Morgan fingerprint density at radius 1 is 1.19 bits per heavy atom. The number of carboxylic acids is 1. The number of nitrogens with zero attached hydrogens (tertiary/aromatic N) is 1. The standard InChI is InChI=1S/C20H20FNO4/c21-18-12-15(20(24)25)7-9-17(18)19(23)22-10-11-26-16(13-22)8-6-14-4-2-1-3-5-14/h1-5,7,9,12,16H,6,8,10-11,13H2,(H,24,25). The van der Waals surface area contributed by atoms with Crippen LogP contribution in [-0.2, 0) is 11.2 Å². The van der Waals surface area contributed by atoms with Crippen molar-refractivity contribution in [2.75, 3.05) is 19.7 Å². The second-order valence-corrected chi connectivity index (χ2v) is 6.27. The molecule has 2 aromatic rings. The lowest BCUT2D eigenvalue weighted by molar-refractivity contribution is -0.0247. The number of amides is 1. The molecule has 136 valence electrons. The second kappa shape index (κ2) is 8.10. The Hall–Kier alpha value is -2.73. The lowest BCUT2D eigenvalue weighted by Gasteiger charge is -2.33. The molecule has 6 heteroatoms. The first-order chi connectivity index (χ1) is 12.5. The summed E-state index contributed by atoms with van der Waals surface area (Å²) in [5.41, 5.74) is 0.912. The van der Waals surface area contributed by atoms with E-state index >= 15 is 0 Å². The van der Waals surface area contributed by atoms with E-state index in [1.807, 2.05) is 30.3 Å². The Labute approximate surface area is 151 Å². The zero-order valence-electron chi connectivity index (χ0n) is 14.2. The number of carboxylic acid groups (broad SMARTS) is 1. The first-order valence-corrected chi connectivity index (χ1v) is 8.52. The SMILES string of the molecule is O=C(O)c1ccc(C(=O)N2CCOC(CCc3ccccc3)C2)c(F)c1. The number of morpholine rings is 1. The number of hydrogen-bond acceptors (Lipinski definition) is 3. The molecule has 1 amide bonds.